The van der Waals surface area contributed by atoms with Crippen LogP contribution in [0.25, 0.3) is 0 Å². The van der Waals surface area contributed by atoms with Crippen LogP contribution in [-0.4, -0.2) is 37.9 Å². The molecule has 0 saturated carbocycles. The van der Waals surface area contributed by atoms with Gasteiger partial charge in [-0.3, -0.25) is 0 Å². The maximum atomic E-state index is 12.3. The minimum Gasteiger partial charge on any atom is -0.497 e. The summed E-state index contributed by atoms with van der Waals surface area (Å²) < 4.78 is 16.0. The summed E-state index contributed by atoms with van der Waals surface area (Å²) in [6, 6.07) is 7.48. The molecule has 0 amide bonds. The molecule has 5 nitrogen and oxygen atoms in total. The third-order valence-electron chi connectivity index (χ3n) is 3.64. The Kier molecular flexibility index (Phi) is 4.49. The molecule has 20 heavy (non-hydrogen) atoms. The molecule has 1 N–H and O–H groups in total. The van der Waals surface area contributed by atoms with E-state index in [1.54, 1.807) is 14.0 Å². The maximum Gasteiger partial charge on any atom is 0.334 e. The van der Waals surface area contributed by atoms with Gasteiger partial charge >= 0.3 is 5.97 Å². The highest BCUT2D eigenvalue weighted by atomic mass is 16.5. The molecule has 0 aromatic heterocycles. The van der Waals surface area contributed by atoms with Crippen molar-refractivity contribution in [2.24, 2.45) is 0 Å². The standard InChI is InChI=1S/C15H21NO4/c1-4-19-14(17)15(8-9-20-11(15)2)16-12-6-5-7-13(10-12)18-3/h5-7,10-11,16H,4,8-9H2,1-3H3. The molecule has 5 heteroatoms. The predicted octanol–water partition coefficient (Wildman–Crippen LogP) is 2.22. The highest BCUT2D eigenvalue weighted by Crippen LogP contribution is 2.32. The highest BCUT2D eigenvalue weighted by Gasteiger charge is 2.49. The summed E-state index contributed by atoms with van der Waals surface area (Å²) in [6.07, 6.45) is 0.345. The first-order valence-electron chi connectivity index (χ1n) is 6.83. The molecule has 1 aliphatic rings. The fourth-order valence-corrected chi connectivity index (χ4v) is 2.44. The van der Waals surface area contributed by atoms with Crippen LogP contribution in [0.3, 0.4) is 0 Å². The van der Waals surface area contributed by atoms with Gasteiger partial charge in [0.05, 0.1) is 19.8 Å². The van der Waals surface area contributed by atoms with E-state index in [9.17, 15) is 4.79 Å². The van der Waals surface area contributed by atoms with Crippen molar-refractivity contribution in [1.82, 2.24) is 0 Å². The van der Waals surface area contributed by atoms with E-state index < -0.39 is 5.54 Å². The van der Waals surface area contributed by atoms with Crippen molar-refractivity contribution in [3.63, 3.8) is 0 Å². The van der Waals surface area contributed by atoms with Crippen LogP contribution in [0.1, 0.15) is 20.3 Å². The fraction of sp³-hybridized carbons (Fsp3) is 0.533. The number of hydrogen-bond acceptors (Lipinski definition) is 5. The van der Waals surface area contributed by atoms with E-state index in [1.807, 2.05) is 31.2 Å². The number of ether oxygens (including phenoxy) is 3. The number of methoxy groups -OCH3 is 1. The monoisotopic (exact) mass is 279 g/mol. The minimum atomic E-state index is -0.831. The molecule has 1 saturated heterocycles. The Morgan fingerprint density at radius 3 is 2.95 bits per heavy atom. The molecule has 110 valence electrons. The first-order valence-corrected chi connectivity index (χ1v) is 6.83. The van der Waals surface area contributed by atoms with Gasteiger partial charge in [0.25, 0.3) is 0 Å². The summed E-state index contributed by atoms with van der Waals surface area (Å²) in [5, 5.41) is 3.28. The zero-order valence-electron chi connectivity index (χ0n) is 12.1. The van der Waals surface area contributed by atoms with Crippen molar-refractivity contribution in [3.05, 3.63) is 24.3 Å². The Balaban J connectivity index is 2.26. The van der Waals surface area contributed by atoms with E-state index in [-0.39, 0.29) is 12.1 Å². The van der Waals surface area contributed by atoms with Crippen LogP contribution in [0.15, 0.2) is 24.3 Å². The fourth-order valence-electron chi connectivity index (χ4n) is 2.44. The van der Waals surface area contributed by atoms with Crippen LogP contribution in [-0.2, 0) is 14.3 Å². The summed E-state index contributed by atoms with van der Waals surface area (Å²) in [7, 11) is 1.61. The lowest BCUT2D eigenvalue weighted by atomic mass is 9.91. The van der Waals surface area contributed by atoms with Crippen molar-refractivity contribution in [1.29, 1.82) is 0 Å². The normalized spacial score (nSPS) is 25.2. The van der Waals surface area contributed by atoms with Crippen LogP contribution in [0.2, 0.25) is 0 Å². The lowest BCUT2D eigenvalue weighted by Gasteiger charge is -2.31. The van der Waals surface area contributed by atoms with Gasteiger partial charge in [0.2, 0.25) is 0 Å². The van der Waals surface area contributed by atoms with E-state index >= 15 is 0 Å². The number of nitrogens with one attached hydrogen (secondary N) is 1. The van der Waals surface area contributed by atoms with Gasteiger partial charge in [0, 0.05) is 24.8 Å². The van der Waals surface area contributed by atoms with Crippen molar-refractivity contribution in [3.8, 4) is 5.75 Å². The average Bonchev–Trinajstić information content (AvgIpc) is 2.81. The zero-order chi connectivity index (χ0) is 14.6. The lowest BCUT2D eigenvalue weighted by molar-refractivity contribution is -0.150. The minimum absolute atomic E-state index is 0.243. The number of benzene rings is 1. The number of carbonyl (C=O) groups is 1. The van der Waals surface area contributed by atoms with E-state index in [4.69, 9.17) is 14.2 Å². The smallest absolute Gasteiger partial charge is 0.334 e. The summed E-state index contributed by atoms with van der Waals surface area (Å²) in [4.78, 5) is 12.3. The summed E-state index contributed by atoms with van der Waals surface area (Å²) in [5.41, 5.74) is -0.0164. The number of carbonyl (C=O) groups excluding carboxylic acids is 1. The second-order valence-corrected chi connectivity index (χ2v) is 4.81. The molecule has 1 fully saturated rings. The third-order valence-corrected chi connectivity index (χ3v) is 3.64. The molecule has 1 heterocycles. The molecular formula is C15H21NO4. The largest absolute Gasteiger partial charge is 0.497 e. The van der Waals surface area contributed by atoms with Crippen LogP contribution >= 0.6 is 0 Å². The molecular weight excluding hydrogens is 258 g/mol. The molecule has 0 spiro atoms. The van der Waals surface area contributed by atoms with Crippen LogP contribution in [0, 0.1) is 0 Å². The Labute approximate surface area is 119 Å². The molecule has 2 atom stereocenters. The molecule has 0 aliphatic carbocycles. The van der Waals surface area contributed by atoms with Gasteiger partial charge in [-0.15, -0.1) is 0 Å². The topological polar surface area (TPSA) is 56.8 Å². The van der Waals surface area contributed by atoms with Gasteiger partial charge in [-0.1, -0.05) is 6.07 Å². The first-order chi connectivity index (χ1) is 9.62. The quantitative estimate of drug-likeness (QED) is 0.838. The second-order valence-electron chi connectivity index (χ2n) is 4.81. The van der Waals surface area contributed by atoms with Crippen molar-refractivity contribution in [2.75, 3.05) is 25.6 Å². The summed E-state index contributed by atoms with van der Waals surface area (Å²) >= 11 is 0. The molecule has 0 bridgehead atoms. The average molecular weight is 279 g/mol. The van der Waals surface area contributed by atoms with Gasteiger partial charge in [-0.05, 0) is 26.0 Å². The molecule has 2 unspecified atom stereocenters. The van der Waals surface area contributed by atoms with Crippen LogP contribution in [0.4, 0.5) is 5.69 Å². The van der Waals surface area contributed by atoms with Gasteiger partial charge < -0.3 is 19.5 Å². The van der Waals surface area contributed by atoms with E-state index in [2.05, 4.69) is 5.32 Å². The Morgan fingerprint density at radius 1 is 1.55 bits per heavy atom. The van der Waals surface area contributed by atoms with Crippen molar-refractivity contribution < 1.29 is 19.0 Å². The number of anilines is 1. The van der Waals surface area contributed by atoms with Gasteiger partial charge in [-0.2, -0.15) is 0 Å². The Bertz CT molecular complexity index is 477. The first kappa shape index (κ1) is 14.7. The third kappa shape index (κ3) is 2.72. The van der Waals surface area contributed by atoms with Crippen molar-refractivity contribution in [2.45, 2.75) is 31.9 Å². The number of rotatable bonds is 5. The molecule has 1 aromatic carbocycles. The number of hydrogen-bond donors (Lipinski definition) is 1. The molecule has 2 rings (SSSR count). The number of esters is 1. The van der Waals surface area contributed by atoms with Gasteiger partial charge in [-0.25, -0.2) is 4.79 Å². The summed E-state index contributed by atoms with van der Waals surface area (Å²) in [6.45, 7) is 4.58. The van der Waals surface area contributed by atoms with Crippen molar-refractivity contribution >= 4 is 11.7 Å². The van der Waals surface area contributed by atoms with Crippen LogP contribution in [0.5, 0.6) is 5.75 Å². The lowest BCUT2D eigenvalue weighted by Crippen LogP contribution is -2.52. The van der Waals surface area contributed by atoms with E-state index in [1.165, 1.54) is 0 Å². The van der Waals surface area contributed by atoms with Crippen LogP contribution < -0.4 is 10.1 Å². The SMILES string of the molecule is CCOC(=O)C1(Nc2cccc(OC)c2)CCOC1C. The van der Waals surface area contributed by atoms with Gasteiger partial charge in [0.1, 0.15) is 5.75 Å². The van der Waals surface area contributed by atoms with Gasteiger partial charge in [0.15, 0.2) is 5.54 Å². The van der Waals surface area contributed by atoms with E-state index in [0.717, 1.165) is 11.4 Å². The van der Waals surface area contributed by atoms with E-state index in [0.29, 0.717) is 19.6 Å². The molecule has 1 aromatic rings. The maximum absolute atomic E-state index is 12.3. The second kappa shape index (κ2) is 6.13. The predicted molar refractivity (Wildman–Crippen MR) is 76.0 cm³/mol. The molecule has 0 radical (unpaired) electrons. The Morgan fingerprint density at radius 2 is 2.35 bits per heavy atom. The molecule has 1 aliphatic heterocycles. The Hall–Kier alpha value is -1.75. The highest BCUT2D eigenvalue weighted by molar-refractivity contribution is 5.86. The zero-order valence-corrected chi connectivity index (χ0v) is 12.1. The summed E-state index contributed by atoms with van der Waals surface area (Å²) in [5.74, 6) is 0.466.